The third kappa shape index (κ3) is 3.50. The molecule has 0 saturated carbocycles. The van der Waals surface area contributed by atoms with Crippen molar-refractivity contribution >= 4 is 29.5 Å². The number of carboxylic acids is 1. The van der Waals surface area contributed by atoms with Gasteiger partial charge in [0.15, 0.2) is 5.82 Å². The summed E-state index contributed by atoms with van der Waals surface area (Å²) in [5, 5.41) is 9.14. The molecule has 4 rings (SSSR count). The highest BCUT2D eigenvalue weighted by Crippen LogP contribution is 2.44. The number of anilines is 1. The van der Waals surface area contributed by atoms with Gasteiger partial charge in [-0.25, -0.2) is 14.6 Å². The maximum Gasteiger partial charge on any atom is 0.415 e. The van der Waals surface area contributed by atoms with E-state index < -0.39 is 12.1 Å². The Bertz CT molecular complexity index is 1090. The molecule has 0 radical (unpaired) electrons. The highest BCUT2D eigenvalue weighted by molar-refractivity contribution is 6.33. The number of carboxylic acid groups (broad SMARTS) is 1. The molecule has 1 N–H and O–H groups in total. The summed E-state index contributed by atoms with van der Waals surface area (Å²) in [7, 11) is 0. The second-order valence-electron chi connectivity index (χ2n) is 6.88. The van der Waals surface area contributed by atoms with Gasteiger partial charge in [0.2, 0.25) is 0 Å². The van der Waals surface area contributed by atoms with Gasteiger partial charge in [-0.1, -0.05) is 60.1 Å². The zero-order valence-corrected chi connectivity index (χ0v) is 17.0. The van der Waals surface area contributed by atoms with Crippen molar-refractivity contribution in [2.45, 2.75) is 12.8 Å². The number of pyridine rings is 1. The molecule has 7 heteroatoms. The topological polar surface area (TPSA) is 79.7 Å². The van der Waals surface area contributed by atoms with E-state index in [0.29, 0.717) is 0 Å². The van der Waals surface area contributed by atoms with Crippen molar-refractivity contribution in [3.05, 3.63) is 82.5 Å². The number of hydrogen-bond donors (Lipinski definition) is 1. The van der Waals surface area contributed by atoms with Gasteiger partial charge in [0, 0.05) is 18.7 Å². The highest BCUT2D eigenvalue weighted by atomic mass is 35.5. The van der Waals surface area contributed by atoms with Crippen LogP contribution in [-0.2, 0) is 4.74 Å². The summed E-state index contributed by atoms with van der Waals surface area (Å²) in [6.07, 6.45) is 0.583. The summed E-state index contributed by atoms with van der Waals surface area (Å²) in [5.74, 6) is -1.03. The molecule has 6 nitrogen and oxygen atoms in total. The molecule has 2 aromatic carbocycles. The van der Waals surface area contributed by atoms with Gasteiger partial charge in [-0.3, -0.25) is 4.90 Å². The Balaban J connectivity index is 1.55. The van der Waals surface area contributed by atoms with Crippen molar-refractivity contribution in [1.82, 2.24) is 4.98 Å². The number of nitrogens with zero attached hydrogens (tertiary/aromatic N) is 2. The Morgan fingerprint density at radius 2 is 1.70 bits per heavy atom. The molecule has 1 amide bonds. The van der Waals surface area contributed by atoms with Gasteiger partial charge in [0.25, 0.3) is 0 Å². The number of amides is 1. The summed E-state index contributed by atoms with van der Waals surface area (Å²) in [4.78, 5) is 29.2. The molecule has 0 saturated heterocycles. The lowest BCUT2D eigenvalue weighted by Crippen LogP contribution is -2.33. The Morgan fingerprint density at radius 3 is 2.23 bits per heavy atom. The molecule has 3 aromatic rings. The summed E-state index contributed by atoms with van der Waals surface area (Å²) in [5.41, 5.74) is 4.49. The second kappa shape index (κ2) is 8.16. The Kier molecular flexibility index (Phi) is 5.42. The first-order valence-electron chi connectivity index (χ1n) is 9.52. The average molecular weight is 423 g/mol. The van der Waals surface area contributed by atoms with E-state index in [-0.39, 0.29) is 35.5 Å². The van der Waals surface area contributed by atoms with E-state index >= 15 is 0 Å². The molecule has 0 spiro atoms. The third-order valence-corrected chi connectivity index (χ3v) is 5.48. The van der Waals surface area contributed by atoms with Crippen LogP contribution in [0.25, 0.3) is 11.1 Å². The van der Waals surface area contributed by atoms with Crippen molar-refractivity contribution in [2.24, 2.45) is 0 Å². The van der Waals surface area contributed by atoms with Gasteiger partial charge in [-0.2, -0.15) is 0 Å². The first-order valence-corrected chi connectivity index (χ1v) is 9.90. The number of aromatic carboxylic acids is 1. The number of rotatable bonds is 5. The molecule has 0 unspecified atom stereocenters. The van der Waals surface area contributed by atoms with Crippen LogP contribution in [0.1, 0.15) is 34.3 Å². The van der Waals surface area contributed by atoms with Crippen molar-refractivity contribution < 1.29 is 19.4 Å². The number of aromatic nitrogens is 1. The van der Waals surface area contributed by atoms with Gasteiger partial charge in [0.05, 0.1) is 10.6 Å². The van der Waals surface area contributed by atoms with Crippen LogP contribution in [0, 0.1) is 0 Å². The van der Waals surface area contributed by atoms with Crippen LogP contribution in [0.5, 0.6) is 0 Å². The third-order valence-electron chi connectivity index (χ3n) is 5.20. The van der Waals surface area contributed by atoms with Gasteiger partial charge < -0.3 is 9.84 Å². The molecule has 0 fully saturated rings. The maximum absolute atomic E-state index is 12.8. The predicted molar refractivity (Wildman–Crippen MR) is 114 cm³/mol. The maximum atomic E-state index is 12.8. The van der Waals surface area contributed by atoms with Crippen LogP contribution in [0.4, 0.5) is 10.6 Å². The van der Waals surface area contributed by atoms with Gasteiger partial charge in [0.1, 0.15) is 6.61 Å². The molecular formula is C23H19ClN2O4. The lowest BCUT2D eigenvalue weighted by Gasteiger charge is -2.22. The molecule has 0 aliphatic heterocycles. The Labute approximate surface area is 178 Å². The molecule has 30 heavy (non-hydrogen) atoms. The monoisotopic (exact) mass is 422 g/mol. The number of hydrogen-bond acceptors (Lipinski definition) is 4. The largest absolute Gasteiger partial charge is 0.478 e. The van der Waals surface area contributed by atoms with Gasteiger partial charge in [-0.05, 0) is 35.2 Å². The fourth-order valence-electron chi connectivity index (χ4n) is 3.78. The standard InChI is InChI=1S/C23H19ClN2O4/c1-2-26(21-20(24)11-14(12-25-21)22(27)28)23(29)30-13-19-17-9-5-3-7-15(17)16-8-4-6-10-18(16)19/h3-12,19H,2,13H2,1H3,(H,27,28). The fourth-order valence-corrected chi connectivity index (χ4v) is 4.05. The van der Waals surface area contributed by atoms with Crippen molar-refractivity contribution in [1.29, 1.82) is 0 Å². The zero-order chi connectivity index (χ0) is 21.3. The summed E-state index contributed by atoms with van der Waals surface area (Å²) in [6, 6.07) is 17.5. The predicted octanol–water partition coefficient (Wildman–Crippen LogP) is 5.21. The van der Waals surface area contributed by atoms with E-state index in [4.69, 9.17) is 21.4 Å². The quantitative estimate of drug-likeness (QED) is 0.610. The molecule has 1 aliphatic carbocycles. The van der Waals surface area contributed by atoms with Crippen LogP contribution in [0.3, 0.4) is 0 Å². The summed E-state index contributed by atoms with van der Waals surface area (Å²) < 4.78 is 5.65. The van der Waals surface area contributed by atoms with Crippen LogP contribution >= 0.6 is 11.6 Å². The van der Waals surface area contributed by atoms with Crippen molar-refractivity contribution in [3.63, 3.8) is 0 Å². The number of fused-ring (bicyclic) bond motifs is 3. The van der Waals surface area contributed by atoms with E-state index in [2.05, 4.69) is 29.2 Å². The SMILES string of the molecule is CCN(C(=O)OCC1c2ccccc2-c2ccccc21)c1ncc(C(=O)O)cc1Cl. The number of benzene rings is 2. The summed E-state index contributed by atoms with van der Waals surface area (Å²) >= 11 is 6.18. The summed E-state index contributed by atoms with van der Waals surface area (Å²) in [6.45, 7) is 2.22. The zero-order valence-electron chi connectivity index (χ0n) is 16.2. The van der Waals surface area contributed by atoms with Crippen LogP contribution in [0.15, 0.2) is 60.8 Å². The van der Waals surface area contributed by atoms with E-state index in [1.807, 2.05) is 24.3 Å². The number of ether oxygens (including phenoxy) is 1. The van der Waals surface area contributed by atoms with E-state index in [1.54, 1.807) is 6.92 Å². The fraction of sp³-hybridized carbons (Fsp3) is 0.174. The second-order valence-corrected chi connectivity index (χ2v) is 7.29. The normalized spacial score (nSPS) is 12.2. The molecule has 0 atom stereocenters. The molecule has 1 heterocycles. The molecule has 0 bridgehead atoms. The van der Waals surface area contributed by atoms with Crippen molar-refractivity contribution in [3.8, 4) is 11.1 Å². The molecule has 1 aromatic heterocycles. The molecular weight excluding hydrogens is 404 g/mol. The average Bonchev–Trinajstić information content (AvgIpc) is 3.07. The lowest BCUT2D eigenvalue weighted by atomic mass is 9.98. The Hall–Kier alpha value is -3.38. The molecule has 1 aliphatic rings. The minimum atomic E-state index is -1.14. The van der Waals surface area contributed by atoms with E-state index in [0.717, 1.165) is 22.3 Å². The van der Waals surface area contributed by atoms with Gasteiger partial charge in [-0.15, -0.1) is 0 Å². The van der Waals surface area contributed by atoms with Crippen LogP contribution < -0.4 is 4.90 Å². The van der Waals surface area contributed by atoms with E-state index in [1.165, 1.54) is 17.2 Å². The number of carbonyl (C=O) groups is 2. The number of halogens is 1. The lowest BCUT2D eigenvalue weighted by molar-refractivity contribution is 0.0696. The molecule has 152 valence electrons. The van der Waals surface area contributed by atoms with Crippen molar-refractivity contribution in [2.75, 3.05) is 18.1 Å². The van der Waals surface area contributed by atoms with Gasteiger partial charge >= 0.3 is 12.1 Å². The minimum Gasteiger partial charge on any atom is -0.478 e. The highest BCUT2D eigenvalue weighted by Gasteiger charge is 2.30. The first kappa shape index (κ1) is 19.9. The van der Waals surface area contributed by atoms with Crippen LogP contribution in [0.2, 0.25) is 5.02 Å². The number of carbonyl (C=O) groups excluding carboxylic acids is 1. The first-order chi connectivity index (χ1) is 14.5. The van der Waals surface area contributed by atoms with E-state index in [9.17, 15) is 9.59 Å². The smallest absolute Gasteiger partial charge is 0.415 e. The van der Waals surface area contributed by atoms with Crippen LogP contribution in [-0.4, -0.2) is 35.3 Å². The minimum absolute atomic E-state index is 0.0488. The Morgan fingerprint density at radius 1 is 1.10 bits per heavy atom.